The summed E-state index contributed by atoms with van der Waals surface area (Å²) in [5, 5.41) is 2.52. The highest BCUT2D eigenvalue weighted by Gasteiger charge is 2.39. The van der Waals surface area contributed by atoms with Gasteiger partial charge in [-0.25, -0.2) is 0 Å². The van der Waals surface area contributed by atoms with Crippen molar-refractivity contribution in [3.8, 4) is 5.75 Å². The lowest BCUT2D eigenvalue weighted by molar-refractivity contribution is -0.130. The van der Waals surface area contributed by atoms with E-state index in [1.807, 2.05) is 31.2 Å². The van der Waals surface area contributed by atoms with Crippen molar-refractivity contribution in [3.05, 3.63) is 29.8 Å². The van der Waals surface area contributed by atoms with Crippen LogP contribution in [0.3, 0.4) is 0 Å². The lowest BCUT2D eigenvalue weighted by Crippen LogP contribution is -2.35. The molecular weight excluding hydrogens is 328 g/mol. The van der Waals surface area contributed by atoms with E-state index in [-0.39, 0.29) is 28.9 Å². The van der Waals surface area contributed by atoms with Crippen molar-refractivity contribution in [2.24, 2.45) is 0 Å². The molecule has 24 heavy (non-hydrogen) atoms. The van der Waals surface area contributed by atoms with Gasteiger partial charge in [-0.15, -0.1) is 11.8 Å². The minimum absolute atomic E-state index is 0.0561. The normalized spacial score (nSPS) is 20.3. The minimum Gasteiger partial charge on any atom is -0.496 e. The Balaban J connectivity index is 2.05. The molecule has 0 saturated carbocycles. The van der Waals surface area contributed by atoms with Crippen molar-refractivity contribution >= 4 is 23.6 Å². The molecule has 2 amide bonds. The van der Waals surface area contributed by atoms with Crippen LogP contribution in [0.2, 0.25) is 0 Å². The number of hydrogen-bond acceptors (Lipinski definition) is 5. The molecule has 0 bridgehead atoms. The second-order valence-corrected chi connectivity index (χ2v) is 6.92. The number of carbonyl (C=O) groups is 2. The molecule has 1 saturated heterocycles. The Bertz CT molecular complexity index is 581. The highest BCUT2D eigenvalue weighted by molar-refractivity contribution is 8.01. The van der Waals surface area contributed by atoms with Crippen molar-refractivity contribution in [2.75, 3.05) is 33.9 Å². The van der Waals surface area contributed by atoms with Gasteiger partial charge in [-0.1, -0.05) is 18.2 Å². The summed E-state index contributed by atoms with van der Waals surface area (Å²) in [6.07, 6.45) is 0.272. The van der Waals surface area contributed by atoms with Crippen molar-refractivity contribution in [1.29, 1.82) is 0 Å². The molecule has 0 spiro atoms. The molecule has 132 valence electrons. The number of rotatable bonds is 8. The molecule has 6 nitrogen and oxygen atoms in total. The quantitative estimate of drug-likeness (QED) is 0.723. The van der Waals surface area contributed by atoms with Gasteiger partial charge in [0.1, 0.15) is 11.1 Å². The maximum atomic E-state index is 12.5. The first-order valence-corrected chi connectivity index (χ1v) is 8.87. The number of ether oxygens (including phenoxy) is 2. The molecule has 0 aliphatic carbocycles. The number of nitrogens with one attached hydrogen (secondary N) is 1. The molecule has 0 unspecified atom stereocenters. The Hall–Kier alpha value is -1.73. The third kappa shape index (κ3) is 4.42. The van der Waals surface area contributed by atoms with Gasteiger partial charge in [0.05, 0.1) is 19.0 Å². The summed E-state index contributed by atoms with van der Waals surface area (Å²) < 4.78 is 10.3. The van der Waals surface area contributed by atoms with Crippen LogP contribution < -0.4 is 10.1 Å². The molecule has 7 heteroatoms. The Kier molecular flexibility index (Phi) is 6.93. The van der Waals surface area contributed by atoms with Crippen LogP contribution in [0.15, 0.2) is 24.3 Å². The van der Waals surface area contributed by atoms with Crippen LogP contribution in [0, 0.1) is 0 Å². The third-order valence-corrected chi connectivity index (χ3v) is 5.24. The number of hydrogen-bond donors (Lipinski definition) is 1. The topological polar surface area (TPSA) is 67.9 Å². The first kappa shape index (κ1) is 18.6. The highest BCUT2D eigenvalue weighted by Crippen LogP contribution is 2.45. The van der Waals surface area contributed by atoms with E-state index in [2.05, 4.69) is 5.32 Å². The van der Waals surface area contributed by atoms with Gasteiger partial charge in [-0.2, -0.15) is 0 Å². The van der Waals surface area contributed by atoms with E-state index in [0.717, 1.165) is 11.3 Å². The van der Waals surface area contributed by atoms with E-state index in [1.54, 1.807) is 30.9 Å². The van der Waals surface area contributed by atoms with Gasteiger partial charge in [-0.3, -0.25) is 9.59 Å². The molecule has 2 atom stereocenters. The second kappa shape index (κ2) is 8.94. The van der Waals surface area contributed by atoms with Crippen molar-refractivity contribution in [3.63, 3.8) is 0 Å². The number of para-hydroxylation sites is 1. The Morgan fingerprint density at radius 3 is 2.79 bits per heavy atom. The van der Waals surface area contributed by atoms with Gasteiger partial charge < -0.3 is 19.7 Å². The summed E-state index contributed by atoms with van der Waals surface area (Å²) in [7, 11) is 3.21. The molecule has 1 aliphatic rings. The predicted octanol–water partition coefficient (Wildman–Crippen LogP) is 1.81. The van der Waals surface area contributed by atoms with Crippen LogP contribution >= 0.6 is 11.8 Å². The third-order valence-electron chi connectivity index (χ3n) is 3.86. The summed E-state index contributed by atoms with van der Waals surface area (Å²) in [5.41, 5.74) is 0.961. The smallest absolute Gasteiger partial charge is 0.236 e. The van der Waals surface area contributed by atoms with Crippen LogP contribution in [0.4, 0.5) is 0 Å². The molecule has 1 aliphatic heterocycles. The maximum Gasteiger partial charge on any atom is 0.236 e. The van der Waals surface area contributed by atoms with Gasteiger partial charge in [0.2, 0.25) is 11.8 Å². The zero-order valence-corrected chi connectivity index (χ0v) is 15.1. The first-order valence-electron chi connectivity index (χ1n) is 7.93. The zero-order chi connectivity index (χ0) is 17.5. The predicted molar refractivity (Wildman–Crippen MR) is 94.0 cm³/mol. The molecule has 1 N–H and O–H groups in total. The van der Waals surface area contributed by atoms with Gasteiger partial charge in [0, 0.05) is 32.2 Å². The highest BCUT2D eigenvalue weighted by atomic mass is 32.2. The molecule has 1 aromatic carbocycles. The van der Waals surface area contributed by atoms with E-state index >= 15 is 0 Å². The number of thioether (sulfide) groups is 1. The van der Waals surface area contributed by atoms with E-state index in [1.165, 1.54) is 0 Å². The van der Waals surface area contributed by atoms with Gasteiger partial charge in [0.25, 0.3) is 0 Å². The molecule has 1 aromatic rings. The summed E-state index contributed by atoms with van der Waals surface area (Å²) in [4.78, 5) is 26.1. The summed E-state index contributed by atoms with van der Waals surface area (Å²) >= 11 is 1.58. The minimum atomic E-state index is -0.129. The van der Waals surface area contributed by atoms with E-state index in [4.69, 9.17) is 9.47 Å². The van der Waals surface area contributed by atoms with Crippen LogP contribution in [0.5, 0.6) is 5.75 Å². The van der Waals surface area contributed by atoms with Gasteiger partial charge in [-0.05, 0) is 13.0 Å². The molecular formula is C17H24N2O4S. The van der Waals surface area contributed by atoms with Gasteiger partial charge >= 0.3 is 0 Å². The second-order valence-electron chi connectivity index (χ2n) is 5.50. The molecule has 1 heterocycles. The van der Waals surface area contributed by atoms with Crippen LogP contribution in [-0.4, -0.2) is 55.9 Å². The number of benzene rings is 1. The van der Waals surface area contributed by atoms with E-state index in [9.17, 15) is 9.59 Å². The van der Waals surface area contributed by atoms with Crippen LogP contribution in [0.25, 0.3) is 0 Å². The van der Waals surface area contributed by atoms with E-state index in [0.29, 0.717) is 19.7 Å². The standard InChI is InChI=1S/C17H24N2O4S/c1-12-16(21)19(10-8-15(20)18-9-11-22-2)17(24-12)13-6-4-5-7-14(13)23-3/h4-7,12,17H,8-11H2,1-3H3,(H,18,20)/t12-,17+/m1/s1. The molecule has 0 radical (unpaired) electrons. The first-order chi connectivity index (χ1) is 11.6. The number of amides is 2. The average Bonchev–Trinajstić information content (AvgIpc) is 2.88. The Morgan fingerprint density at radius 1 is 1.33 bits per heavy atom. The number of methoxy groups -OCH3 is 2. The maximum absolute atomic E-state index is 12.5. The number of carbonyl (C=O) groups excluding carboxylic acids is 2. The lowest BCUT2D eigenvalue weighted by atomic mass is 10.1. The van der Waals surface area contributed by atoms with E-state index < -0.39 is 0 Å². The largest absolute Gasteiger partial charge is 0.496 e. The summed E-state index contributed by atoms with van der Waals surface area (Å²) in [6, 6.07) is 7.69. The zero-order valence-electron chi connectivity index (χ0n) is 14.3. The average molecular weight is 352 g/mol. The van der Waals surface area contributed by atoms with Crippen LogP contribution in [0.1, 0.15) is 24.3 Å². The van der Waals surface area contributed by atoms with Crippen molar-refractivity contribution in [1.82, 2.24) is 10.2 Å². The fourth-order valence-electron chi connectivity index (χ4n) is 2.62. The number of nitrogens with zero attached hydrogens (tertiary/aromatic N) is 1. The van der Waals surface area contributed by atoms with Crippen LogP contribution in [-0.2, 0) is 14.3 Å². The molecule has 2 rings (SSSR count). The van der Waals surface area contributed by atoms with Gasteiger partial charge in [0.15, 0.2) is 0 Å². The van der Waals surface area contributed by atoms with Crippen molar-refractivity contribution < 1.29 is 19.1 Å². The fourth-order valence-corrected chi connectivity index (χ4v) is 3.95. The monoisotopic (exact) mass is 352 g/mol. The lowest BCUT2D eigenvalue weighted by Gasteiger charge is -2.25. The fraction of sp³-hybridized carbons (Fsp3) is 0.529. The molecule has 1 fully saturated rings. The Morgan fingerprint density at radius 2 is 2.08 bits per heavy atom. The summed E-state index contributed by atoms with van der Waals surface area (Å²) in [6.45, 7) is 3.24. The summed E-state index contributed by atoms with van der Waals surface area (Å²) in [5.74, 6) is 0.732. The SMILES string of the molecule is COCCNC(=O)CCN1C(=O)[C@@H](C)S[C@H]1c1ccccc1OC. The van der Waals surface area contributed by atoms with Crippen molar-refractivity contribution in [2.45, 2.75) is 24.0 Å². The Labute approximate surface area is 146 Å². The molecule has 0 aromatic heterocycles.